The summed E-state index contributed by atoms with van der Waals surface area (Å²) in [6.07, 6.45) is 0. The lowest BCUT2D eigenvalue weighted by atomic mass is 9.83. The van der Waals surface area contributed by atoms with Crippen LogP contribution in [0.5, 0.6) is 0 Å². The minimum atomic E-state index is 0.118. The second kappa shape index (κ2) is 21.5. The van der Waals surface area contributed by atoms with Gasteiger partial charge in [-0.05, 0) is 188 Å². The van der Waals surface area contributed by atoms with Crippen LogP contribution in [0.1, 0.15) is 31.9 Å². The molecule has 18 aromatic rings. The zero-order valence-corrected chi connectivity index (χ0v) is 51.4. The zero-order valence-electron chi connectivity index (χ0n) is 51.4. The highest BCUT2D eigenvalue weighted by molar-refractivity contribution is 6.23. The van der Waals surface area contributed by atoms with Gasteiger partial charge >= 0.3 is 0 Å². The molecule has 0 saturated carbocycles. The number of rotatable bonds is 6. The van der Waals surface area contributed by atoms with Gasteiger partial charge in [0.2, 0.25) is 0 Å². The van der Waals surface area contributed by atoms with Crippen molar-refractivity contribution < 1.29 is 0 Å². The molecule has 2 aromatic heterocycles. The summed E-state index contributed by atoms with van der Waals surface area (Å²) >= 11 is 0. The number of fused-ring (bicyclic) bond motifs is 12. The molecule has 0 aliphatic heterocycles. The normalized spacial score (nSPS) is 12.0. The Hall–Kier alpha value is -11.3. The fourth-order valence-electron chi connectivity index (χ4n) is 14.8. The van der Waals surface area contributed by atoms with Gasteiger partial charge in [-0.1, -0.05) is 281 Å². The van der Waals surface area contributed by atoms with Gasteiger partial charge in [-0.15, -0.1) is 0 Å². The zero-order chi connectivity index (χ0) is 60.9. The topological polar surface area (TPSA) is 9.86 Å². The third-order valence-electron chi connectivity index (χ3n) is 19.1. The number of hydrogen-bond donors (Lipinski definition) is 0. The molecule has 0 unspecified atom stereocenters. The molecule has 0 atom stereocenters. The minimum Gasteiger partial charge on any atom is -0.309 e. The summed E-state index contributed by atoms with van der Waals surface area (Å²) in [4.78, 5) is 0. The highest BCUT2D eigenvalue weighted by Gasteiger charge is 2.21. The summed E-state index contributed by atoms with van der Waals surface area (Å²) in [5.41, 5.74) is 20.2. The highest BCUT2D eigenvalue weighted by Crippen LogP contribution is 2.47. The van der Waals surface area contributed by atoms with Crippen molar-refractivity contribution in [3.63, 3.8) is 0 Å². The standard InChI is InChI=1S/C46H35N.C43H29N/c1-46(2,3)34-25-22-30(23-26-34)44-38-14-4-6-16-40(38)45(41-17-7-5-15-39(41)44)33-21-20-32-29-35(27-24-31(32)28-33)47-42-18-10-8-12-36(42)37-13-9-11-19-43(37)47;1-28-18-20-29(21-19-28)42-36-12-2-4-14-38(36)43(39-15-5-3-13-37(39)42)32-23-22-31-27-33(25-24-30(31)26-32)44-40-16-8-6-10-34(40)35-11-7-9-17-41(35)44/h4-29H,1-3H3;2-27H,1H3. The van der Waals surface area contributed by atoms with Crippen LogP contribution < -0.4 is 0 Å². The Balaban J connectivity index is 0.000000140. The highest BCUT2D eigenvalue weighted by atomic mass is 15.0. The van der Waals surface area contributed by atoms with Gasteiger partial charge in [-0.25, -0.2) is 0 Å². The van der Waals surface area contributed by atoms with E-state index in [9.17, 15) is 0 Å². The van der Waals surface area contributed by atoms with Gasteiger partial charge in [0.1, 0.15) is 0 Å². The lowest BCUT2D eigenvalue weighted by molar-refractivity contribution is 0.590. The summed E-state index contributed by atoms with van der Waals surface area (Å²) in [5, 5.41) is 20.3. The molecule has 430 valence electrons. The van der Waals surface area contributed by atoms with E-state index in [1.54, 1.807) is 0 Å². The van der Waals surface area contributed by atoms with E-state index < -0.39 is 0 Å². The van der Waals surface area contributed by atoms with E-state index in [1.807, 2.05) is 0 Å². The second-order valence-corrected chi connectivity index (χ2v) is 25.6. The Morgan fingerprint density at radius 3 is 0.769 bits per heavy atom. The largest absolute Gasteiger partial charge is 0.309 e. The molecular formula is C89H64N2. The molecule has 0 aliphatic rings. The van der Waals surface area contributed by atoms with E-state index in [0.717, 1.165) is 0 Å². The maximum absolute atomic E-state index is 2.39. The van der Waals surface area contributed by atoms with Crippen molar-refractivity contribution >= 4 is 108 Å². The molecule has 0 saturated heterocycles. The fraction of sp³-hybridized carbons (Fsp3) is 0.0562. The Labute approximate surface area is 529 Å². The van der Waals surface area contributed by atoms with Gasteiger partial charge in [0.15, 0.2) is 0 Å². The SMILES string of the molecule is CC(C)(C)c1ccc(-c2c3ccccc3c(-c3ccc4cc(-n5c6ccccc6c6ccccc65)ccc4c3)c3ccccc23)cc1.Cc1ccc(-c2c3ccccc3c(-c3ccc4cc(-n5c6ccccc6c6ccccc65)ccc4c3)c3ccccc23)cc1. The van der Waals surface area contributed by atoms with Crippen molar-refractivity contribution in [2.24, 2.45) is 0 Å². The molecule has 0 N–H and O–H groups in total. The smallest absolute Gasteiger partial charge is 0.0541 e. The Bertz CT molecular complexity index is 5710. The average Bonchev–Trinajstić information content (AvgIpc) is 1.43. The van der Waals surface area contributed by atoms with Crippen LogP contribution in [0, 0.1) is 6.92 Å². The van der Waals surface area contributed by atoms with Crippen LogP contribution in [0.3, 0.4) is 0 Å². The predicted molar refractivity (Wildman–Crippen MR) is 392 cm³/mol. The first-order valence-corrected chi connectivity index (χ1v) is 31.8. The van der Waals surface area contributed by atoms with Crippen LogP contribution in [-0.2, 0) is 5.41 Å². The molecule has 0 bridgehead atoms. The molecular weight excluding hydrogens is 1100 g/mol. The van der Waals surface area contributed by atoms with Crippen LogP contribution in [0.15, 0.2) is 315 Å². The van der Waals surface area contributed by atoms with Gasteiger partial charge < -0.3 is 9.13 Å². The molecule has 91 heavy (non-hydrogen) atoms. The predicted octanol–water partition coefficient (Wildman–Crippen LogP) is 24.8. The number of benzene rings is 16. The Kier molecular flexibility index (Phi) is 12.7. The fourth-order valence-corrected chi connectivity index (χ4v) is 14.8. The molecule has 18 rings (SSSR count). The molecule has 0 amide bonds. The molecule has 2 heterocycles. The Morgan fingerprint density at radius 1 is 0.220 bits per heavy atom. The number of para-hydroxylation sites is 4. The summed E-state index contributed by atoms with van der Waals surface area (Å²) in [6, 6.07) is 116. The van der Waals surface area contributed by atoms with Gasteiger partial charge in [0, 0.05) is 32.9 Å². The summed E-state index contributed by atoms with van der Waals surface area (Å²) < 4.78 is 4.79. The van der Waals surface area contributed by atoms with Crippen molar-refractivity contribution in [3.8, 4) is 55.9 Å². The molecule has 0 aliphatic carbocycles. The third-order valence-corrected chi connectivity index (χ3v) is 19.1. The van der Waals surface area contributed by atoms with E-state index in [1.165, 1.54) is 175 Å². The van der Waals surface area contributed by atoms with E-state index in [4.69, 9.17) is 0 Å². The van der Waals surface area contributed by atoms with Crippen LogP contribution >= 0.6 is 0 Å². The van der Waals surface area contributed by atoms with Crippen LogP contribution in [0.25, 0.3) is 164 Å². The Morgan fingerprint density at radius 2 is 0.462 bits per heavy atom. The van der Waals surface area contributed by atoms with Gasteiger partial charge in [-0.3, -0.25) is 0 Å². The summed E-state index contributed by atoms with van der Waals surface area (Å²) in [7, 11) is 0. The number of aromatic nitrogens is 2. The van der Waals surface area contributed by atoms with Crippen molar-refractivity contribution in [2.45, 2.75) is 33.1 Å². The number of aryl methyl sites for hydroxylation is 1. The monoisotopic (exact) mass is 1160 g/mol. The molecule has 0 spiro atoms. The molecule has 16 aromatic carbocycles. The maximum Gasteiger partial charge on any atom is 0.0541 e. The quantitative estimate of drug-likeness (QED) is 0.147. The lowest BCUT2D eigenvalue weighted by Gasteiger charge is -2.21. The molecule has 0 radical (unpaired) electrons. The van der Waals surface area contributed by atoms with Crippen molar-refractivity contribution in [1.29, 1.82) is 0 Å². The second-order valence-electron chi connectivity index (χ2n) is 25.6. The summed E-state index contributed by atoms with van der Waals surface area (Å²) in [6.45, 7) is 8.97. The average molecular weight is 1160 g/mol. The van der Waals surface area contributed by atoms with Crippen molar-refractivity contribution in [2.75, 3.05) is 0 Å². The van der Waals surface area contributed by atoms with Gasteiger partial charge in [-0.2, -0.15) is 0 Å². The molecule has 2 heteroatoms. The van der Waals surface area contributed by atoms with Gasteiger partial charge in [0.25, 0.3) is 0 Å². The van der Waals surface area contributed by atoms with Crippen molar-refractivity contribution in [1.82, 2.24) is 9.13 Å². The third kappa shape index (κ3) is 9.00. The maximum atomic E-state index is 2.39. The van der Waals surface area contributed by atoms with Gasteiger partial charge in [0.05, 0.1) is 22.1 Å². The lowest BCUT2D eigenvalue weighted by Crippen LogP contribution is -2.10. The van der Waals surface area contributed by atoms with Crippen molar-refractivity contribution in [3.05, 3.63) is 327 Å². The minimum absolute atomic E-state index is 0.118. The van der Waals surface area contributed by atoms with Crippen LogP contribution in [0.4, 0.5) is 0 Å². The first-order chi connectivity index (χ1) is 44.7. The van der Waals surface area contributed by atoms with E-state index in [0.29, 0.717) is 0 Å². The molecule has 2 nitrogen and oxygen atoms in total. The molecule has 0 fully saturated rings. The van der Waals surface area contributed by atoms with Crippen LogP contribution in [0.2, 0.25) is 0 Å². The van der Waals surface area contributed by atoms with Crippen LogP contribution in [-0.4, -0.2) is 9.13 Å². The first-order valence-electron chi connectivity index (χ1n) is 31.8. The number of hydrogen-bond acceptors (Lipinski definition) is 0. The number of nitrogens with zero attached hydrogens (tertiary/aromatic N) is 2. The van der Waals surface area contributed by atoms with E-state index in [-0.39, 0.29) is 5.41 Å². The summed E-state index contributed by atoms with van der Waals surface area (Å²) in [5.74, 6) is 0. The van der Waals surface area contributed by atoms with E-state index in [2.05, 4.69) is 352 Å². The van der Waals surface area contributed by atoms with E-state index >= 15 is 0 Å². The first kappa shape index (κ1) is 53.9.